The number of carboxylic acid groups (broad SMARTS) is 1. The third-order valence-corrected chi connectivity index (χ3v) is 3.91. The van der Waals surface area contributed by atoms with E-state index in [1.807, 2.05) is 0 Å². The molecule has 0 aliphatic heterocycles. The van der Waals surface area contributed by atoms with Crippen LogP contribution in [0.5, 0.6) is 0 Å². The second-order valence-corrected chi connectivity index (χ2v) is 5.43. The Kier molecular flexibility index (Phi) is 4.30. The summed E-state index contributed by atoms with van der Waals surface area (Å²) in [6.07, 6.45) is 1.26. The van der Waals surface area contributed by atoms with Crippen molar-refractivity contribution < 1.29 is 31.9 Å². The molecule has 0 amide bonds. The number of carbonyl (C=O) groups is 1. The van der Waals surface area contributed by atoms with Crippen LogP contribution in [0.2, 0.25) is 0 Å². The van der Waals surface area contributed by atoms with Gasteiger partial charge in [0.05, 0.1) is 16.6 Å². The first-order valence-electron chi connectivity index (χ1n) is 7.26. The summed E-state index contributed by atoms with van der Waals surface area (Å²) >= 11 is 0. The van der Waals surface area contributed by atoms with Crippen molar-refractivity contribution in [1.29, 1.82) is 0 Å². The number of nitrogens with zero attached hydrogens (tertiary/aromatic N) is 1. The molecule has 0 saturated carbocycles. The number of fused-ring (bicyclic) bond motifs is 1. The lowest BCUT2D eigenvalue weighted by atomic mass is 10.0. The van der Waals surface area contributed by atoms with Gasteiger partial charge in [-0.25, -0.2) is 26.7 Å². The van der Waals surface area contributed by atoms with E-state index in [-0.39, 0.29) is 0 Å². The fraction of sp³-hybridized carbons (Fsp3) is 0. The average molecular weight is 381 g/mol. The maximum Gasteiger partial charge on any atom is 0.341 e. The summed E-state index contributed by atoms with van der Waals surface area (Å²) < 4.78 is 70.4. The minimum absolute atomic E-state index is 0.423. The summed E-state index contributed by atoms with van der Waals surface area (Å²) in [5, 5.41) is 8.37. The van der Waals surface area contributed by atoms with E-state index in [0.717, 1.165) is 12.1 Å². The van der Waals surface area contributed by atoms with Crippen LogP contribution < -0.4 is 5.43 Å². The number of halogens is 5. The minimum atomic E-state index is -1.96. The highest BCUT2D eigenvalue weighted by Gasteiger charge is 2.27. The average Bonchev–Trinajstić information content (AvgIpc) is 2.61. The number of hydrogen-bond acceptors (Lipinski definition) is 2. The molecule has 0 spiro atoms. The second kappa shape index (κ2) is 6.35. The number of aromatic nitrogens is 1. The molecule has 3 aromatic rings. The van der Waals surface area contributed by atoms with Gasteiger partial charge in [0.1, 0.15) is 17.2 Å². The molecule has 9 heteroatoms. The molecule has 0 atom stereocenters. The molecule has 4 nitrogen and oxygen atoms in total. The molecule has 2 aromatic carbocycles. The summed E-state index contributed by atoms with van der Waals surface area (Å²) in [6, 6.07) is 2.04. The van der Waals surface area contributed by atoms with Gasteiger partial charge in [0.15, 0.2) is 17.5 Å². The maximum absolute atomic E-state index is 14.5. The lowest BCUT2D eigenvalue weighted by molar-refractivity contribution is 0.0695. The standard InChI is InChI=1S/C18H8F5NO3/c1-2-8-12-16(15(23)14(22)13(8)21)24(6-9(17(12)25)18(26)27)11-4-3-7(19)5-10(11)20/h2-6H,1H2,(H,26,27). The Hall–Kier alpha value is -3.49. The first kappa shape index (κ1) is 18.3. The van der Waals surface area contributed by atoms with Gasteiger partial charge in [-0.2, -0.15) is 0 Å². The topological polar surface area (TPSA) is 59.3 Å². The van der Waals surface area contributed by atoms with Crippen LogP contribution in [0.3, 0.4) is 0 Å². The number of benzene rings is 2. The van der Waals surface area contributed by atoms with Gasteiger partial charge in [-0.3, -0.25) is 4.79 Å². The highest BCUT2D eigenvalue weighted by atomic mass is 19.2. The van der Waals surface area contributed by atoms with Gasteiger partial charge < -0.3 is 9.67 Å². The van der Waals surface area contributed by atoms with Crippen molar-refractivity contribution in [2.45, 2.75) is 0 Å². The zero-order chi connectivity index (χ0) is 20.0. The minimum Gasteiger partial charge on any atom is -0.477 e. The first-order chi connectivity index (χ1) is 12.7. The molecule has 0 fully saturated rings. The summed E-state index contributed by atoms with van der Waals surface area (Å²) in [5.74, 6) is -9.55. The van der Waals surface area contributed by atoms with Crippen LogP contribution in [0.15, 0.2) is 35.8 Å². The predicted molar refractivity (Wildman–Crippen MR) is 86.4 cm³/mol. The van der Waals surface area contributed by atoms with E-state index in [1.54, 1.807) is 0 Å². The molecule has 0 radical (unpaired) electrons. The van der Waals surface area contributed by atoms with Crippen LogP contribution in [-0.2, 0) is 0 Å². The highest BCUT2D eigenvalue weighted by Crippen LogP contribution is 2.30. The van der Waals surface area contributed by atoms with Crippen molar-refractivity contribution in [1.82, 2.24) is 4.57 Å². The molecule has 1 aromatic heterocycles. The predicted octanol–water partition coefficient (Wildman–Crippen LogP) is 4.03. The van der Waals surface area contributed by atoms with Crippen LogP contribution in [0.4, 0.5) is 22.0 Å². The molecule has 138 valence electrons. The summed E-state index contributed by atoms with van der Waals surface area (Å²) in [6.45, 7) is 3.21. The van der Waals surface area contributed by atoms with E-state index < -0.39 is 68.2 Å². The van der Waals surface area contributed by atoms with Crippen molar-refractivity contribution >= 4 is 22.9 Å². The molecule has 3 rings (SSSR count). The number of rotatable bonds is 3. The van der Waals surface area contributed by atoms with E-state index in [4.69, 9.17) is 0 Å². The Morgan fingerprint density at radius 1 is 1.07 bits per heavy atom. The van der Waals surface area contributed by atoms with Gasteiger partial charge in [-0.05, 0) is 12.1 Å². The smallest absolute Gasteiger partial charge is 0.341 e. The lowest BCUT2D eigenvalue weighted by Crippen LogP contribution is -2.21. The maximum atomic E-state index is 14.5. The van der Waals surface area contributed by atoms with Crippen LogP contribution in [0.25, 0.3) is 22.7 Å². The molecular formula is C18H8F5NO3. The van der Waals surface area contributed by atoms with Crippen molar-refractivity contribution in [2.75, 3.05) is 0 Å². The second-order valence-electron chi connectivity index (χ2n) is 5.43. The van der Waals surface area contributed by atoms with E-state index in [0.29, 0.717) is 22.9 Å². The van der Waals surface area contributed by atoms with E-state index in [2.05, 4.69) is 6.58 Å². The quantitative estimate of drug-likeness (QED) is 0.551. The monoisotopic (exact) mass is 381 g/mol. The molecule has 1 heterocycles. The van der Waals surface area contributed by atoms with Crippen LogP contribution in [0.1, 0.15) is 15.9 Å². The number of carboxylic acids is 1. The Labute approximate surface area is 147 Å². The number of aromatic carboxylic acids is 1. The van der Waals surface area contributed by atoms with Crippen molar-refractivity contribution in [2.24, 2.45) is 0 Å². The molecule has 0 aliphatic rings. The van der Waals surface area contributed by atoms with Gasteiger partial charge in [0.2, 0.25) is 5.43 Å². The van der Waals surface area contributed by atoms with Crippen molar-refractivity contribution in [3.05, 3.63) is 81.4 Å². The summed E-state index contributed by atoms with van der Waals surface area (Å²) in [4.78, 5) is 23.8. The van der Waals surface area contributed by atoms with Gasteiger partial charge in [0, 0.05) is 17.8 Å². The summed E-state index contributed by atoms with van der Waals surface area (Å²) in [7, 11) is 0. The SMILES string of the molecule is C=Cc1c(F)c(F)c(F)c2c1c(=O)c(C(=O)O)cn2-c1ccc(F)cc1F. The Balaban J connectivity index is 2.67. The van der Waals surface area contributed by atoms with E-state index >= 15 is 0 Å². The third kappa shape index (κ3) is 2.67. The van der Waals surface area contributed by atoms with Crippen molar-refractivity contribution in [3.8, 4) is 5.69 Å². The first-order valence-corrected chi connectivity index (χ1v) is 7.26. The molecular weight excluding hydrogens is 373 g/mol. The zero-order valence-corrected chi connectivity index (χ0v) is 13.2. The molecule has 0 unspecified atom stereocenters. The third-order valence-electron chi connectivity index (χ3n) is 3.91. The lowest BCUT2D eigenvalue weighted by Gasteiger charge is -2.16. The Bertz CT molecular complexity index is 1200. The van der Waals surface area contributed by atoms with Gasteiger partial charge in [-0.15, -0.1) is 0 Å². The van der Waals surface area contributed by atoms with Crippen molar-refractivity contribution in [3.63, 3.8) is 0 Å². The number of pyridine rings is 1. The molecule has 0 saturated heterocycles. The highest BCUT2D eigenvalue weighted by molar-refractivity contribution is 5.96. The van der Waals surface area contributed by atoms with Crippen LogP contribution >= 0.6 is 0 Å². The van der Waals surface area contributed by atoms with Gasteiger partial charge >= 0.3 is 5.97 Å². The zero-order valence-electron chi connectivity index (χ0n) is 13.2. The van der Waals surface area contributed by atoms with E-state index in [1.165, 1.54) is 0 Å². The van der Waals surface area contributed by atoms with E-state index in [9.17, 15) is 36.6 Å². The number of hydrogen-bond donors (Lipinski definition) is 1. The largest absolute Gasteiger partial charge is 0.477 e. The molecule has 27 heavy (non-hydrogen) atoms. The molecule has 0 aliphatic carbocycles. The Morgan fingerprint density at radius 2 is 1.74 bits per heavy atom. The molecule has 0 bridgehead atoms. The molecule has 1 N–H and O–H groups in total. The summed E-state index contributed by atoms with van der Waals surface area (Å²) in [5.41, 5.74) is -4.55. The van der Waals surface area contributed by atoms with Gasteiger partial charge in [0.25, 0.3) is 0 Å². The fourth-order valence-electron chi connectivity index (χ4n) is 2.72. The van der Waals surface area contributed by atoms with Crippen LogP contribution in [-0.4, -0.2) is 15.6 Å². The fourth-order valence-corrected chi connectivity index (χ4v) is 2.72. The van der Waals surface area contributed by atoms with Gasteiger partial charge in [-0.1, -0.05) is 12.7 Å². The Morgan fingerprint density at radius 3 is 2.30 bits per heavy atom. The normalized spacial score (nSPS) is 11.0. The van der Waals surface area contributed by atoms with Crippen LogP contribution in [0, 0.1) is 29.1 Å².